The molecule has 0 saturated heterocycles. The Morgan fingerprint density at radius 3 is 2.12 bits per heavy atom. The molecule has 0 heteroatoms. The summed E-state index contributed by atoms with van der Waals surface area (Å²) in [6.07, 6.45) is 10.0. The van der Waals surface area contributed by atoms with E-state index >= 15 is 0 Å². The summed E-state index contributed by atoms with van der Waals surface area (Å²) >= 11 is 0. The summed E-state index contributed by atoms with van der Waals surface area (Å²) in [6, 6.07) is 6.66. The van der Waals surface area contributed by atoms with Crippen LogP contribution in [-0.2, 0) is 12.8 Å². The van der Waals surface area contributed by atoms with Gasteiger partial charge in [-0.15, -0.1) is 0 Å². The minimum Gasteiger partial charge on any atom is -0.0654 e. The van der Waals surface area contributed by atoms with Crippen LogP contribution in [0, 0.1) is 6.92 Å². The Hall–Kier alpha value is -0.780. The first kappa shape index (κ1) is 14.3. The maximum absolute atomic E-state index is 6.11. The zero-order valence-electron chi connectivity index (χ0n) is 11.5. The lowest BCUT2D eigenvalue weighted by molar-refractivity contribution is 0.711. The van der Waals surface area contributed by atoms with Crippen molar-refractivity contribution in [2.75, 3.05) is 0 Å². The highest BCUT2D eigenvalue weighted by atomic mass is 14.1. The predicted octanol–water partition coefficient (Wildman–Crippen LogP) is 5.21. The molecule has 0 amide bonds. The molecule has 0 heterocycles. The van der Waals surface area contributed by atoms with Crippen LogP contribution in [0.2, 0.25) is 0 Å². The van der Waals surface area contributed by atoms with Crippen LogP contribution in [0.3, 0.4) is 0 Å². The second-order valence-electron chi connectivity index (χ2n) is 4.95. The largest absolute Gasteiger partial charge is 0.0654 e. The fourth-order valence-electron chi connectivity index (χ4n) is 2.17. The third kappa shape index (κ3) is 5.39. The number of benzene rings is 1. The molecule has 1 aromatic carbocycles. The van der Waals surface area contributed by atoms with Crippen molar-refractivity contribution in [1.82, 2.24) is 0 Å². The second-order valence-corrected chi connectivity index (χ2v) is 4.95. The first-order valence-electron chi connectivity index (χ1n) is 7.15. The van der Waals surface area contributed by atoms with E-state index in [4.69, 9.17) is 6.92 Å². The Kier molecular flexibility index (Phi) is 7.00. The third-order valence-electron chi connectivity index (χ3n) is 3.33. The molecule has 1 rings (SSSR count). The van der Waals surface area contributed by atoms with E-state index in [-0.39, 0.29) is 0 Å². The smallest absolute Gasteiger partial charge is 0.000901 e. The van der Waals surface area contributed by atoms with Gasteiger partial charge in [0.05, 0.1) is 0 Å². The molecule has 2 radical (unpaired) electrons. The fourth-order valence-corrected chi connectivity index (χ4v) is 2.17. The van der Waals surface area contributed by atoms with Crippen molar-refractivity contribution in [2.45, 2.75) is 65.2 Å². The molecule has 0 aromatic heterocycles. The van der Waals surface area contributed by atoms with E-state index in [0.29, 0.717) is 0 Å². The van der Waals surface area contributed by atoms with Gasteiger partial charge in [-0.3, -0.25) is 0 Å². The van der Waals surface area contributed by atoms with Crippen LogP contribution in [0.4, 0.5) is 0 Å². The van der Waals surface area contributed by atoms with E-state index in [1.807, 2.05) is 0 Å². The van der Waals surface area contributed by atoms with Crippen LogP contribution in [0.25, 0.3) is 0 Å². The average Bonchev–Trinajstić information content (AvgIpc) is 2.32. The van der Waals surface area contributed by atoms with Gasteiger partial charge in [-0.25, -0.2) is 0 Å². The minimum atomic E-state index is 0.995. The van der Waals surface area contributed by atoms with Crippen LogP contribution in [0.15, 0.2) is 18.2 Å². The molecule has 0 aliphatic carbocycles. The summed E-state index contributed by atoms with van der Waals surface area (Å²) < 4.78 is 0. The van der Waals surface area contributed by atoms with Crippen LogP contribution >= 0.6 is 0 Å². The van der Waals surface area contributed by atoms with Crippen molar-refractivity contribution in [3.8, 4) is 0 Å². The lowest BCUT2D eigenvalue weighted by Crippen LogP contribution is -1.93. The summed E-state index contributed by atoms with van der Waals surface area (Å²) in [5.41, 5.74) is 3.72. The third-order valence-corrected chi connectivity index (χ3v) is 3.33. The summed E-state index contributed by atoms with van der Waals surface area (Å²) in [6.45, 7) is 10.6. The molecular weight excluding hydrogens is 204 g/mol. The standard InChI is InChI=1S/C17H26/c1-4-6-8-10-16-12-13-17(15(3)14-16)11-9-7-5-2/h3,12-14H,4-11H2,1-2H3. The van der Waals surface area contributed by atoms with E-state index in [2.05, 4.69) is 32.0 Å². The highest BCUT2D eigenvalue weighted by Gasteiger charge is 2.00. The van der Waals surface area contributed by atoms with Crippen LogP contribution in [0.1, 0.15) is 69.1 Å². The van der Waals surface area contributed by atoms with E-state index in [9.17, 15) is 0 Å². The predicted molar refractivity (Wildman–Crippen MR) is 76.3 cm³/mol. The van der Waals surface area contributed by atoms with Gasteiger partial charge in [-0.1, -0.05) is 57.7 Å². The first-order chi connectivity index (χ1) is 8.27. The van der Waals surface area contributed by atoms with Crippen molar-refractivity contribution in [1.29, 1.82) is 0 Å². The number of aryl methyl sites for hydroxylation is 2. The molecule has 0 spiro atoms. The molecule has 0 saturated carbocycles. The number of hydrogen-bond donors (Lipinski definition) is 0. The molecule has 0 fully saturated rings. The highest BCUT2D eigenvalue weighted by Crippen LogP contribution is 2.16. The molecule has 0 atom stereocenters. The molecule has 0 aliphatic heterocycles. The van der Waals surface area contributed by atoms with E-state index in [1.165, 1.54) is 56.1 Å². The van der Waals surface area contributed by atoms with Gasteiger partial charge in [0, 0.05) is 0 Å². The Labute approximate surface area is 107 Å². The molecule has 0 nitrogen and oxygen atoms in total. The van der Waals surface area contributed by atoms with Crippen LogP contribution in [-0.4, -0.2) is 0 Å². The zero-order chi connectivity index (χ0) is 12.5. The maximum atomic E-state index is 6.11. The average molecular weight is 230 g/mol. The molecule has 0 bridgehead atoms. The summed E-state index contributed by atoms with van der Waals surface area (Å²) in [5.74, 6) is 0. The van der Waals surface area contributed by atoms with Gasteiger partial charge in [0.15, 0.2) is 0 Å². The van der Waals surface area contributed by atoms with Gasteiger partial charge in [0.25, 0.3) is 0 Å². The Bertz CT molecular complexity index is 312. The minimum absolute atomic E-state index is 0.995. The van der Waals surface area contributed by atoms with E-state index < -0.39 is 0 Å². The molecule has 0 aliphatic rings. The normalized spacial score (nSPS) is 10.8. The van der Waals surface area contributed by atoms with Gasteiger partial charge >= 0.3 is 0 Å². The van der Waals surface area contributed by atoms with Crippen molar-refractivity contribution >= 4 is 0 Å². The topological polar surface area (TPSA) is 0 Å². The Balaban J connectivity index is 2.47. The summed E-state index contributed by atoms with van der Waals surface area (Å²) in [4.78, 5) is 0. The summed E-state index contributed by atoms with van der Waals surface area (Å²) in [7, 11) is 0. The van der Waals surface area contributed by atoms with Crippen molar-refractivity contribution < 1.29 is 0 Å². The molecule has 0 unspecified atom stereocenters. The van der Waals surface area contributed by atoms with Crippen LogP contribution in [0.5, 0.6) is 0 Å². The SMILES string of the molecule is [CH]c1cc(CCCCC)ccc1CCCCC. The molecule has 94 valence electrons. The van der Waals surface area contributed by atoms with Crippen molar-refractivity contribution in [2.24, 2.45) is 0 Å². The van der Waals surface area contributed by atoms with Gasteiger partial charge in [-0.05, 0) is 49.3 Å². The van der Waals surface area contributed by atoms with Gasteiger partial charge in [-0.2, -0.15) is 0 Å². The van der Waals surface area contributed by atoms with Crippen molar-refractivity contribution in [3.05, 3.63) is 41.8 Å². The quantitative estimate of drug-likeness (QED) is 0.538. The lowest BCUT2D eigenvalue weighted by Gasteiger charge is -2.08. The van der Waals surface area contributed by atoms with Gasteiger partial charge in [0.1, 0.15) is 0 Å². The maximum Gasteiger partial charge on any atom is -0.000901 e. The molecule has 1 aromatic rings. The first-order valence-corrected chi connectivity index (χ1v) is 7.15. The Morgan fingerprint density at radius 2 is 1.53 bits per heavy atom. The fraction of sp³-hybridized carbons (Fsp3) is 0.588. The van der Waals surface area contributed by atoms with Gasteiger partial charge < -0.3 is 0 Å². The summed E-state index contributed by atoms with van der Waals surface area (Å²) in [5, 5.41) is 0. The number of unbranched alkanes of at least 4 members (excludes halogenated alkanes) is 4. The molecule has 17 heavy (non-hydrogen) atoms. The molecular formula is C17H26. The van der Waals surface area contributed by atoms with E-state index in [1.54, 1.807) is 0 Å². The van der Waals surface area contributed by atoms with E-state index in [0.717, 1.165) is 12.0 Å². The van der Waals surface area contributed by atoms with Gasteiger partial charge in [0.2, 0.25) is 0 Å². The van der Waals surface area contributed by atoms with Crippen molar-refractivity contribution in [3.63, 3.8) is 0 Å². The number of rotatable bonds is 8. The lowest BCUT2D eigenvalue weighted by atomic mass is 9.98. The number of hydrogen-bond acceptors (Lipinski definition) is 0. The highest BCUT2D eigenvalue weighted by molar-refractivity contribution is 5.34. The molecule has 0 N–H and O–H groups in total. The monoisotopic (exact) mass is 230 g/mol. The Morgan fingerprint density at radius 1 is 0.882 bits per heavy atom. The second kappa shape index (κ2) is 8.33. The zero-order valence-corrected chi connectivity index (χ0v) is 11.5. The van der Waals surface area contributed by atoms with Crippen LogP contribution < -0.4 is 0 Å².